The van der Waals surface area contributed by atoms with Crippen LogP contribution in [0.5, 0.6) is 0 Å². The quantitative estimate of drug-likeness (QED) is 0.724. The van der Waals surface area contributed by atoms with E-state index < -0.39 is 0 Å². The summed E-state index contributed by atoms with van der Waals surface area (Å²) in [6.45, 7) is 2.90. The Hall–Kier alpha value is -1.13. The smallest absolute Gasteiger partial charge is 0.0890 e. The number of unbranched alkanes of at least 4 members (excludes halogenated alkanes) is 1. The second kappa shape index (κ2) is 7.46. The highest BCUT2D eigenvalue weighted by atomic mass is 32.2. The zero-order valence-electron chi connectivity index (χ0n) is 11.6. The van der Waals surface area contributed by atoms with Gasteiger partial charge in [-0.1, -0.05) is 12.1 Å². The van der Waals surface area contributed by atoms with Gasteiger partial charge in [0.05, 0.1) is 22.4 Å². The van der Waals surface area contributed by atoms with E-state index in [0.717, 1.165) is 47.0 Å². The van der Waals surface area contributed by atoms with Crippen LogP contribution in [-0.4, -0.2) is 29.4 Å². The van der Waals surface area contributed by atoms with E-state index in [1.54, 1.807) is 7.11 Å². The Balaban J connectivity index is 1.91. The predicted octanol–water partition coefficient (Wildman–Crippen LogP) is 3.60. The highest BCUT2D eigenvalue weighted by Crippen LogP contribution is 2.17. The van der Waals surface area contributed by atoms with Crippen LogP contribution in [0.4, 0.5) is 0 Å². The lowest BCUT2D eigenvalue weighted by atomic mass is 10.2. The standard InChI is InChI=1S/C15H20N2OS/c1-12-15(11-19-10-6-5-9-18-2)17-14-8-4-3-7-13(14)16-12/h3-4,7-8H,5-6,9-11H2,1-2H3. The normalized spacial score (nSPS) is 11.1. The van der Waals surface area contributed by atoms with Gasteiger partial charge in [0.25, 0.3) is 0 Å². The van der Waals surface area contributed by atoms with Crippen LogP contribution < -0.4 is 0 Å². The number of hydrogen-bond donors (Lipinski definition) is 0. The van der Waals surface area contributed by atoms with Crippen molar-refractivity contribution in [2.45, 2.75) is 25.5 Å². The molecule has 2 aromatic rings. The Morgan fingerprint density at radius 3 is 2.58 bits per heavy atom. The molecular weight excluding hydrogens is 256 g/mol. The summed E-state index contributed by atoms with van der Waals surface area (Å²) in [5.74, 6) is 2.09. The lowest BCUT2D eigenvalue weighted by Crippen LogP contribution is -1.97. The molecule has 19 heavy (non-hydrogen) atoms. The van der Waals surface area contributed by atoms with Gasteiger partial charge in [-0.3, -0.25) is 0 Å². The molecule has 0 spiro atoms. The van der Waals surface area contributed by atoms with Crippen LogP contribution >= 0.6 is 11.8 Å². The molecule has 0 fully saturated rings. The van der Waals surface area contributed by atoms with Gasteiger partial charge in [0.2, 0.25) is 0 Å². The SMILES string of the molecule is COCCCCSCc1nc2ccccc2nc1C. The third-order valence-corrected chi connectivity index (χ3v) is 4.02. The number of fused-ring (bicyclic) bond motifs is 1. The Morgan fingerprint density at radius 2 is 1.84 bits per heavy atom. The van der Waals surface area contributed by atoms with E-state index >= 15 is 0 Å². The van der Waals surface area contributed by atoms with Gasteiger partial charge in [-0.15, -0.1) is 0 Å². The number of thioether (sulfide) groups is 1. The second-order valence-electron chi connectivity index (χ2n) is 4.50. The molecule has 1 heterocycles. The Labute approximate surface area is 118 Å². The number of aryl methyl sites for hydroxylation is 1. The molecule has 0 N–H and O–H groups in total. The maximum atomic E-state index is 5.04. The number of benzene rings is 1. The van der Waals surface area contributed by atoms with Crippen LogP contribution in [0.2, 0.25) is 0 Å². The van der Waals surface area contributed by atoms with E-state index in [0.29, 0.717) is 0 Å². The first-order chi connectivity index (χ1) is 9.31. The van der Waals surface area contributed by atoms with Gasteiger partial charge in [0.1, 0.15) is 0 Å². The fourth-order valence-electron chi connectivity index (χ4n) is 1.88. The van der Waals surface area contributed by atoms with Crippen LogP contribution in [0, 0.1) is 6.92 Å². The predicted molar refractivity (Wildman–Crippen MR) is 81.5 cm³/mol. The van der Waals surface area contributed by atoms with Crippen molar-refractivity contribution in [1.82, 2.24) is 9.97 Å². The molecule has 0 aliphatic heterocycles. The van der Waals surface area contributed by atoms with Crippen molar-refractivity contribution in [2.24, 2.45) is 0 Å². The van der Waals surface area contributed by atoms with Crippen molar-refractivity contribution >= 4 is 22.8 Å². The maximum absolute atomic E-state index is 5.04. The van der Waals surface area contributed by atoms with Gasteiger partial charge in [-0.2, -0.15) is 11.8 Å². The third kappa shape index (κ3) is 4.18. The van der Waals surface area contributed by atoms with Crippen LogP contribution in [-0.2, 0) is 10.5 Å². The zero-order chi connectivity index (χ0) is 13.5. The van der Waals surface area contributed by atoms with Gasteiger partial charge >= 0.3 is 0 Å². The summed E-state index contributed by atoms with van der Waals surface area (Å²) in [6, 6.07) is 8.04. The lowest BCUT2D eigenvalue weighted by molar-refractivity contribution is 0.194. The van der Waals surface area contributed by atoms with E-state index in [2.05, 4.69) is 4.98 Å². The second-order valence-corrected chi connectivity index (χ2v) is 5.60. The van der Waals surface area contributed by atoms with Crippen molar-refractivity contribution in [3.05, 3.63) is 35.7 Å². The van der Waals surface area contributed by atoms with Crippen molar-refractivity contribution in [3.8, 4) is 0 Å². The highest BCUT2D eigenvalue weighted by molar-refractivity contribution is 7.98. The minimum Gasteiger partial charge on any atom is -0.385 e. The Kier molecular flexibility index (Phi) is 5.61. The van der Waals surface area contributed by atoms with Crippen molar-refractivity contribution in [1.29, 1.82) is 0 Å². The zero-order valence-corrected chi connectivity index (χ0v) is 12.4. The molecule has 0 atom stereocenters. The average molecular weight is 276 g/mol. The molecule has 1 aromatic carbocycles. The van der Waals surface area contributed by atoms with Crippen molar-refractivity contribution in [2.75, 3.05) is 19.5 Å². The van der Waals surface area contributed by atoms with Gasteiger partial charge < -0.3 is 4.74 Å². The largest absolute Gasteiger partial charge is 0.385 e. The third-order valence-electron chi connectivity index (χ3n) is 2.97. The summed E-state index contributed by atoms with van der Waals surface area (Å²) in [5, 5.41) is 0. The number of ether oxygens (including phenoxy) is 1. The van der Waals surface area contributed by atoms with Gasteiger partial charge in [-0.25, -0.2) is 9.97 Å². The molecule has 4 heteroatoms. The van der Waals surface area contributed by atoms with Gasteiger partial charge in [-0.05, 0) is 37.7 Å². The molecule has 0 unspecified atom stereocenters. The first-order valence-corrected chi connectivity index (χ1v) is 7.75. The van der Waals surface area contributed by atoms with Crippen LogP contribution in [0.1, 0.15) is 24.2 Å². The first-order valence-electron chi connectivity index (χ1n) is 6.60. The molecule has 3 nitrogen and oxygen atoms in total. The fraction of sp³-hybridized carbons (Fsp3) is 0.467. The van der Waals surface area contributed by atoms with Gasteiger partial charge in [0.15, 0.2) is 0 Å². The van der Waals surface area contributed by atoms with Crippen LogP contribution in [0.15, 0.2) is 24.3 Å². The molecule has 2 rings (SSSR count). The van der Waals surface area contributed by atoms with Crippen LogP contribution in [0.3, 0.4) is 0 Å². The summed E-state index contributed by atoms with van der Waals surface area (Å²) in [5.41, 5.74) is 4.12. The van der Waals surface area contributed by atoms with Crippen molar-refractivity contribution < 1.29 is 4.74 Å². The topological polar surface area (TPSA) is 35.0 Å². The molecule has 0 amide bonds. The summed E-state index contributed by atoms with van der Waals surface area (Å²) in [4.78, 5) is 9.31. The van der Waals surface area contributed by atoms with E-state index in [1.807, 2.05) is 43.0 Å². The molecule has 102 valence electrons. The summed E-state index contributed by atoms with van der Waals surface area (Å²) >= 11 is 1.92. The van der Waals surface area contributed by atoms with Crippen molar-refractivity contribution in [3.63, 3.8) is 0 Å². The summed E-state index contributed by atoms with van der Waals surface area (Å²) in [6.07, 6.45) is 2.32. The number of hydrogen-bond acceptors (Lipinski definition) is 4. The molecule has 0 aliphatic rings. The minimum absolute atomic E-state index is 0.857. The van der Waals surface area contributed by atoms with E-state index in [9.17, 15) is 0 Å². The van der Waals surface area contributed by atoms with E-state index in [1.165, 1.54) is 6.42 Å². The number of aromatic nitrogens is 2. The molecule has 0 radical (unpaired) electrons. The molecule has 0 bridgehead atoms. The maximum Gasteiger partial charge on any atom is 0.0890 e. The molecule has 0 saturated carbocycles. The number of methoxy groups -OCH3 is 1. The Morgan fingerprint density at radius 1 is 1.11 bits per heavy atom. The lowest BCUT2D eigenvalue weighted by Gasteiger charge is -2.06. The van der Waals surface area contributed by atoms with Gasteiger partial charge in [0, 0.05) is 19.5 Å². The minimum atomic E-state index is 0.857. The number of para-hydroxylation sites is 2. The summed E-state index contributed by atoms with van der Waals surface area (Å²) < 4.78 is 5.04. The molecule has 0 saturated heterocycles. The molecule has 0 aliphatic carbocycles. The van der Waals surface area contributed by atoms with Crippen LogP contribution in [0.25, 0.3) is 11.0 Å². The molecule has 1 aromatic heterocycles. The average Bonchev–Trinajstić information content (AvgIpc) is 2.43. The Bertz CT molecular complexity index is 531. The molecular formula is C15H20N2OS. The van der Waals surface area contributed by atoms with E-state index in [4.69, 9.17) is 9.72 Å². The number of nitrogens with zero attached hydrogens (tertiary/aromatic N) is 2. The monoisotopic (exact) mass is 276 g/mol. The number of rotatable bonds is 7. The summed E-state index contributed by atoms with van der Waals surface area (Å²) in [7, 11) is 1.75. The van der Waals surface area contributed by atoms with E-state index in [-0.39, 0.29) is 0 Å². The first kappa shape index (κ1) is 14.3. The fourth-order valence-corrected chi connectivity index (χ4v) is 2.90. The highest BCUT2D eigenvalue weighted by Gasteiger charge is 2.04.